The summed E-state index contributed by atoms with van der Waals surface area (Å²) in [6.07, 6.45) is 7.77. The van der Waals surface area contributed by atoms with Crippen molar-refractivity contribution >= 4 is 18.3 Å². The highest BCUT2D eigenvalue weighted by Crippen LogP contribution is 2.28. The third-order valence-electron chi connectivity index (χ3n) is 3.94. The lowest BCUT2D eigenvalue weighted by Gasteiger charge is -2.24. The summed E-state index contributed by atoms with van der Waals surface area (Å²) in [5.41, 5.74) is 0. The summed E-state index contributed by atoms with van der Waals surface area (Å²) >= 11 is 0. The Morgan fingerprint density at radius 2 is 1.90 bits per heavy atom. The number of carbonyl (C=O) groups excluding carboxylic acids is 1. The highest BCUT2D eigenvalue weighted by molar-refractivity contribution is 5.85. The Balaban J connectivity index is 0.00000361. The van der Waals surface area contributed by atoms with Crippen LogP contribution in [0.4, 0.5) is 0 Å². The van der Waals surface area contributed by atoms with Gasteiger partial charge in [0.05, 0.1) is 6.61 Å². The van der Waals surface area contributed by atoms with Crippen LogP contribution < -0.4 is 10.6 Å². The first-order valence-electron chi connectivity index (χ1n) is 7.71. The van der Waals surface area contributed by atoms with Crippen molar-refractivity contribution in [2.45, 2.75) is 45.4 Å². The van der Waals surface area contributed by atoms with Gasteiger partial charge in [0, 0.05) is 32.7 Å². The van der Waals surface area contributed by atoms with Crippen molar-refractivity contribution in [3.8, 4) is 0 Å². The minimum atomic E-state index is 0. The molecule has 5 heteroatoms. The van der Waals surface area contributed by atoms with Crippen LogP contribution in [0.1, 0.15) is 45.4 Å². The summed E-state index contributed by atoms with van der Waals surface area (Å²) < 4.78 is 4.94. The van der Waals surface area contributed by atoms with Crippen molar-refractivity contribution in [1.29, 1.82) is 0 Å². The Labute approximate surface area is 129 Å². The number of rotatable bonds is 9. The van der Waals surface area contributed by atoms with Crippen LogP contribution in [0.2, 0.25) is 0 Å². The molecule has 1 aliphatic carbocycles. The minimum absolute atomic E-state index is 0. The zero-order chi connectivity index (χ0) is 13.9. The molecule has 0 aliphatic heterocycles. The maximum atomic E-state index is 11.9. The lowest BCUT2D eigenvalue weighted by molar-refractivity contribution is -0.125. The molecule has 4 nitrogen and oxygen atoms in total. The molecule has 1 unspecified atom stereocenters. The van der Waals surface area contributed by atoms with Gasteiger partial charge in [-0.2, -0.15) is 0 Å². The van der Waals surface area contributed by atoms with Gasteiger partial charge in [0.25, 0.3) is 0 Å². The van der Waals surface area contributed by atoms with Gasteiger partial charge in [-0.1, -0.05) is 39.0 Å². The summed E-state index contributed by atoms with van der Waals surface area (Å²) in [4.78, 5) is 11.9. The molecule has 0 aromatic heterocycles. The summed E-state index contributed by atoms with van der Waals surface area (Å²) in [5.74, 6) is 1.13. The largest absolute Gasteiger partial charge is 0.383 e. The molecule has 1 rings (SSSR count). The lowest BCUT2D eigenvalue weighted by Crippen LogP contribution is -2.36. The summed E-state index contributed by atoms with van der Waals surface area (Å²) in [5, 5.41) is 6.23. The zero-order valence-corrected chi connectivity index (χ0v) is 13.8. The fourth-order valence-corrected chi connectivity index (χ4v) is 2.78. The standard InChI is InChI=1S/C15H30N2O2.ClH/c1-13(12-14-6-4-3-5-7-14)15(18)17-9-8-16-10-11-19-2;/h13-14,16H,3-12H2,1-2H3,(H,17,18);1H. The number of hydrogen-bond acceptors (Lipinski definition) is 3. The summed E-state index contributed by atoms with van der Waals surface area (Å²) in [6, 6.07) is 0. The fraction of sp³-hybridized carbons (Fsp3) is 0.933. The Morgan fingerprint density at radius 1 is 1.20 bits per heavy atom. The van der Waals surface area contributed by atoms with Gasteiger partial charge in [-0.15, -0.1) is 12.4 Å². The number of methoxy groups -OCH3 is 1. The van der Waals surface area contributed by atoms with Crippen molar-refractivity contribution in [2.24, 2.45) is 11.8 Å². The van der Waals surface area contributed by atoms with Crippen LogP contribution >= 0.6 is 12.4 Å². The Hall–Kier alpha value is -0.320. The molecular weight excluding hydrogens is 276 g/mol. The number of amides is 1. The first-order valence-corrected chi connectivity index (χ1v) is 7.71. The van der Waals surface area contributed by atoms with E-state index in [-0.39, 0.29) is 24.2 Å². The quantitative estimate of drug-likeness (QED) is 0.643. The molecule has 0 saturated heterocycles. The first kappa shape index (κ1) is 19.7. The molecule has 1 amide bonds. The van der Waals surface area contributed by atoms with Crippen molar-refractivity contribution < 1.29 is 9.53 Å². The van der Waals surface area contributed by atoms with E-state index in [0.29, 0.717) is 13.2 Å². The maximum absolute atomic E-state index is 11.9. The highest BCUT2D eigenvalue weighted by atomic mass is 35.5. The Bertz CT molecular complexity index is 246. The Morgan fingerprint density at radius 3 is 2.55 bits per heavy atom. The van der Waals surface area contributed by atoms with Crippen LogP contribution in [0.5, 0.6) is 0 Å². The summed E-state index contributed by atoms with van der Waals surface area (Å²) in [7, 11) is 1.69. The van der Waals surface area contributed by atoms with E-state index < -0.39 is 0 Å². The van der Waals surface area contributed by atoms with Gasteiger partial charge >= 0.3 is 0 Å². The molecule has 0 heterocycles. The predicted octanol–water partition coefficient (Wildman–Crippen LogP) is 2.37. The minimum Gasteiger partial charge on any atom is -0.383 e. The SMILES string of the molecule is COCCNCCNC(=O)C(C)CC1CCCCC1.Cl. The van der Waals surface area contributed by atoms with E-state index in [0.717, 1.165) is 25.4 Å². The second-order valence-corrected chi connectivity index (χ2v) is 5.67. The molecule has 1 aliphatic rings. The average molecular weight is 307 g/mol. The molecule has 0 aromatic rings. The van der Waals surface area contributed by atoms with E-state index in [2.05, 4.69) is 17.6 Å². The van der Waals surface area contributed by atoms with E-state index >= 15 is 0 Å². The molecule has 0 aromatic carbocycles. The molecule has 1 fully saturated rings. The van der Waals surface area contributed by atoms with Crippen LogP contribution in [0, 0.1) is 11.8 Å². The van der Waals surface area contributed by atoms with Crippen molar-refractivity contribution in [2.75, 3.05) is 33.4 Å². The predicted molar refractivity (Wildman–Crippen MR) is 85.4 cm³/mol. The Kier molecular flexibility index (Phi) is 12.2. The number of halogens is 1. The number of ether oxygens (including phenoxy) is 1. The number of carbonyl (C=O) groups is 1. The third kappa shape index (κ3) is 8.77. The number of nitrogens with one attached hydrogen (secondary N) is 2. The second-order valence-electron chi connectivity index (χ2n) is 5.67. The molecule has 120 valence electrons. The van der Waals surface area contributed by atoms with Crippen LogP contribution in [0.15, 0.2) is 0 Å². The van der Waals surface area contributed by atoms with Gasteiger partial charge in [0.15, 0.2) is 0 Å². The topological polar surface area (TPSA) is 50.4 Å². The zero-order valence-electron chi connectivity index (χ0n) is 13.0. The molecule has 2 N–H and O–H groups in total. The van der Waals surface area contributed by atoms with Gasteiger partial charge in [-0.05, 0) is 12.3 Å². The second kappa shape index (κ2) is 12.4. The van der Waals surface area contributed by atoms with Crippen molar-refractivity contribution in [1.82, 2.24) is 10.6 Å². The summed E-state index contributed by atoms with van der Waals surface area (Å²) in [6.45, 7) is 5.13. The molecular formula is C15H31ClN2O2. The van der Waals surface area contributed by atoms with Crippen LogP contribution in [-0.2, 0) is 9.53 Å². The van der Waals surface area contributed by atoms with Gasteiger partial charge in [0.2, 0.25) is 5.91 Å². The molecule has 0 radical (unpaired) electrons. The molecule has 20 heavy (non-hydrogen) atoms. The van der Waals surface area contributed by atoms with Gasteiger partial charge < -0.3 is 15.4 Å². The first-order chi connectivity index (χ1) is 9.24. The molecule has 1 saturated carbocycles. The fourth-order valence-electron chi connectivity index (χ4n) is 2.78. The molecule has 0 bridgehead atoms. The van der Waals surface area contributed by atoms with Crippen LogP contribution in [-0.4, -0.2) is 39.3 Å². The number of hydrogen-bond donors (Lipinski definition) is 2. The van der Waals surface area contributed by atoms with E-state index in [1.165, 1.54) is 32.1 Å². The van der Waals surface area contributed by atoms with Crippen LogP contribution in [0.25, 0.3) is 0 Å². The lowest BCUT2D eigenvalue weighted by atomic mass is 9.83. The van der Waals surface area contributed by atoms with Crippen molar-refractivity contribution in [3.63, 3.8) is 0 Å². The van der Waals surface area contributed by atoms with E-state index in [1.54, 1.807) is 7.11 Å². The third-order valence-corrected chi connectivity index (χ3v) is 3.94. The van der Waals surface area contributed by atoms with E-state index in [9.17, 15) is 4.79 Å². The maximum Gasteiger partial charge on any atom is 0.222 e. The molecule has 1 atom stereocenters. The average Bonchev–Trinajstić information content (AvgIpc) is 2.43. The van der Waals surface area contributed by atoms with E-state index in [4.69, 9.17) is 4.74 Å². The van der Waals surface area contributed by atoms with Crippen molar-refractivity contribution in [3.05, 3.63) is 0 Å². The normalized spacial score (nSPS) is 17.3. The smallest absolute Gasteiger partial charge is 0.222 e. The highest BCUT2D eigenvalue weighted by Gasteiger charge is 2.20. The van der Waals surface area contributed by atoms with E-state index in [1.807, 2.05) is 0 Å². The van der Waals surface area contributed by atoms with Gasteiger partial charge in [-0.3, -0.25) is 4.79 Å². The van der Waals surface area contributed by atoms with Gasteiger partial charge in [-0.25, -0.2) is 0 Å². The van der Waals surface area contributed by atoms with Gasteiger partial charge in [0.1, 0.15) is 0 Å². The molecule has 0 spiro atoms. The monoisotopic (exact) mass is 306 g/mol. The van der Waals surface area contributed by atoms with Crippen LogP contribution in [0.3, 0.4) is 0 Å².